The SMILES string of the molecule is OC1(c2cccc(C3CCC3)c2)CCC2(CC1)OCCO2. The Balaban J connectivity index is 1.52. The van der Waals surface area contributed by atoms with Gasteiger partial charge in [0, 0.05) is 12.8 Å². The minimum absolute atomic E-state index is 0.405. The van der Waals surface area contributed by atoms with Crippen LogP contribution in [0.1, 0.15) is 62.0 Å². The van der Waals surface area contributed by atoms with Gasteiger partial charge in [-0.25, -0.2) is 0 Å². The first-order valence-corrected chi connectivity index (χ1v) is 8.30. The van der Waals surface area contributed by atoms with Crippen LogP contribution in [-0.4, -0.2) is 24.1 Å². The molecule has 1 aromatic rings. The largest absolute Gasteiger partial charge is 0.385 e. The molecule has 0 aromatic heterocycles. The Morgan fingerprint density at radius 1 is 1.00 bits per heavy atom. The van der Waals surface area contributed by atoms with E-state index in [1.54, 1.807) is 0 Å². The molecule has 4 rings (SSSR count). The lowest BCUT2D eigenvalue weighted by molar-refractivity contribution is -0.204. The summed E-state index contributed by atoms with van der Waals surface area (Å²) >= 11 is 0. The molecule has 0 amide bonds. The Kier molecular flexibility index (Phi) is 3.32. The van der Waals surface area contributed by atoms with Gasteiger partial charge in [-0.3, -0.25) is 0 Å². The van der Waals surface area contributed by atoms with Crippen LogP contribution in [0.15, 0.2) is 24.3 Å². The summed E-state index contributed by atoms with van der Waals surface area (Å²) in [4.78, 5) is 0. The van der Waals surface area contributed by atoms with E-state index < -0.39 is 11.4 Å². The number of aliphatic hydroxyl groups is 1. The van der Waals surface area contributed by atoms with E-state index in [1.165, 1.54) is 24.8 Å². The molecule has 3 heteroatoms. The smallest absolute Gasteiger partial charge is 0.168 e. The Morgan fingerprint density at radius 2 is 1.71 bits per heavy atom. The summed E-state index contributed by atoms with van der Waals surface area (Å²) in [5.74, 6) is 0.308. The fourth-order valence-corrected chi connectivity index (χ4v) is 3.94. The molecule has 2 aliphatic carbocycles. The molecule has 2 saturated carbocycles. The first-order chi connectivity index (χ1) is 10.2. The summed E-state index contributed by atoms with van der Waals surface area (Å²) in [5, 5.41) is 11.1. The maximum absolute atomic E-state index is 11.1. The van der Waals surface area contributed by atoms with Crippen molar-refractivity contribution in [3.05, 3.63) is 35.4 Å². The lowest BCUT2D eigenvalue weighted by Gasteiger charge is -2.41. The van der Waals surface area contributed by atoms with E-state index in [0.717, 1.165) is 31.2 Å². The minimum Gasteiger partial charge on any atom is -0.385 e. The Hall–Kier alpha value is -0.900. The van der Waals surface area contributed by atoms with Gasteiger partial charge in [0.2, 0.25) is 0 Å². The zero-order valence-corrected chi connectivity index (χ0v) is 12.5. The molecule has 1 N–H and O–H groups in total. The molecule has 0 atom stereocenters. The molecule has 21 heavy (non-hydrogen) atoms. The number of hydrogen-bond donors (Lipinski definition) is 1. The highest BCUT2D eigenvalue weighted by atomic mass is 16.7. The molecule has 1 heterocycles. The normalized spacial score (nSPS) is 27.7. The zero-order valence-electron chi connectivity index (χ0n) is 12.5. The molecule has 0 unspecified atom stereocenters. The van der Waals surface area contributed by atoms with Gasteiger partial charge in [-0.1, -0.05) is 30.7 Å². The highest BCUT2D eigenvalue weighted by Crippen LogP contribution is 2.46. The second-order valence-corrected chi connectivity index (χ2v) is 6.89. The Labute approximate surface area is 126 Å². The molecule has 3 nitrogen and oxygen atoms in total. The first kappa shape index (κ1) is 13.7. The highest BCUT2D eigenvalue weighted by Gasteiger charge is 2.46. The Morgan fingerprint density at radius 3 is 2.33 bits per heavy atom. The summed E-state index contributed by atoms with van der Waals surface area (Å²) in [6.07, 6.45) is 6.96. The van der Waals surface area contributed by atoms with Crippen molar-refractivity contribution in [2.75, 3.05) is 13.2 Å². The van der Waals surface area contributed by atoms with Crippen molar-refractivity contribution in [1.29, 1.82) is 0 Å². The number of hydrogen-bond acceptors (Lipinski definition) is 3. The monoisotopic (exact) mass is 288 g/mol. The van der Waals surface area contributed by atoms with Gasteiger partial charge in [0.15, 0.2) is 5.79 Å². The molecule has 1 saturated heterocycles. The fourth-order valence-electron chi connectivity index (χ4n) is 3.94. The molecule has 0 bridgehead atoms. The van der Waals surface area contributed by atoms with Crippen LogP contribution in [0, 0.1) is 0 Å². The van der Waals surface area contributed by atoms with Crippen LogP contribution in [0.5, 0.6) is 0 Å². The van der Waals surface area contributed by atoms with Gasteiger partial charge < -0.3 is 14.6 Å². The highest BCUT2D eigenvalue weighted by molar-refractivity contribution is 5.32. The molecule has 1 spiro atoms. The van der Waals surface area contributed by atoms with E-state index in [-0.39, 0.29) is 0 Å². The van der Waals surface area contributed by atoms with Crippen molar-refractivity contribution in [2.45, 2.75) is 62.3 Å². The number of rotatable bonds is 2. The van der Waals surface area contributed by atoms with E-state index in [9.17, 15) is 5.11 Å². The predicted molar refractivity (Wildman–Crippen MR) is 80.0 cm³/mol. The van der Waals surface area contributed by atoms with Gasteiger partial charge in [-0.2, -0.15) is 0 Å². The summed E-state index contributed by atoms with van der Waals surface area (Å²) in [6.45, 7) is 1.38. The minimum atomic E-state index is -0.708. The number of ether oxygens (including phenoxy) is 2. The molecule has 0 radical (unpaired) electrons. The molecular weight excluding hydrogens is 264 g/mol. The molecule has 1 aromatic carbocycles. The topological polar surface area (TPSA) is 38.7 Å². The quantitative estimate of drug-likeness (QED) is 0.905. The first-order valence-electron chi connectivity index (χ1n) is 8.30. The van der Waals surface area contributed by atoms with Gasteiger partial charge in [0.1, 0.15) is 0 Å². The predicted octanol–water partition coefficient (Wildman–Crippen LogP) is 3.46. The van der Waals surface area contributed by atoms with E-state index in [1.807, 2.05) is 0 Å². The second kappa shape index (κ2) is 5.08. The standard InChI is InChI=1S/C18H24O3/c19-17(7-9-18(10-8-17)20-11-12-21-18)16-6-2-5-15(13-16)14-3-1-4-14/h2,5-6,13-14,19H,1,3-4,7-12H2. The zero-order chi connectivity index (χ0) is 14.3. The van der Waals surface area contributed by atoms with Crippen LogP contribution in [-0.2, 0) is 15.1 Å². The van der Waals surface area contributed by atoms with Crippen molar-refractivity contribution in [3.63, 3.8) is 0 Å². The van der Waals surface area contributed by atoms with Crippen molar-refractivity contribution >= 4 is 0 Å². The summed E-state index contributed by atoms with van der Waals surface area (Å²) in [7, 11) is 0. The summed E-state index contributed by atoms with van der Waals surface area (Å²) in [5.41, 5.74) is 1.78. The lowest BCUT2D eigenvalue weighted by Crippen LogP contribution is -2.42. The molecule has 3 aliphatic rings. The summed E-state index contributed by atoms with van der Waals surface area (Å²) in [6, 6.07) is 8.63. The van der Waals surface area contributed by atoms with Crippen LogP contribution in [0.3, 0.4) is 0 Å². The molecule has 1 aliphatic heterocycles. The van der Waals surface area contributed by atoms with Gasteiger partial charge in [0.05, 0.1) is 18.8 Å². The van der Waals surface area contributed by atoms with Crippen LogP contribution in [0.25, 0.3) is 0 Å². The average molecular weight is 288 g/mol. The molecule has 114 valence electrons. The third kappa shape index (κ3) is 2.41. The van der Waals surface area contributed by atoms with E-state index in [4.69, 9.17) is 9.47 Å². The maximum Gasteiger partial charge on any atom is 0.168 e. The van der Waals surface area contributed by atoms with E-state index in [2.05, 4.69) is 24.3 Å². The lowest BCUT2D eigenvalue weighted by atomic mass is 9.74. The second-order valence-electron chi connectivity index (χ2n) is 6.89. The van der Waals surface area contributed by atoms with Crippen LogP contribution in [0.2, 0.25) is 0 Å². The fraction of sp³-hybridized carbons (Fsp3) is 0.667. The van der Waals surface area contributed by atoms with Crippen LogP contribution >= 0.6 is 0 Å². The number of benzene rings is 1. The van der Waals surface area contributed by atoms with Crippen LogP contribution < -0.4 is 0 Å². The third-order valence-electron chi connectivity index (χ3n) is 5.65. The van der Waals surface area contributed by atoms with E-state index in [0.29, 0.717) is 19.1 Å². The average Bonchev–Trinajstić information content (AvgIpc) is 2.90. The summed E-state index contributed by atoms with van der Waals surface area (Å²) < 4.78 is 11.5. The van der Waals surface area contributed by atoms with Gasteiger partial charge in [-0.05, 0) is 42.7 Å². The molecular formula is C18H24O3. The Bertz CT molecular complexity index is 505. The van der Waals surface area contributed by atoms with Crippen molar-refractivity contribution < 1.29 is 14.6 Å². The van der Waals surface area contributed by atoms with Gasteiger partial charge >= 0.3 is 0 Å². The van der Waals surface area contributed by atoms with E-state index >= 15 is 0 Å². The molecule has 3 fully saturated rings. The van der Waals surface area contributed by atoms with Crippen LogP contribution in [0.4, 0.5) is 0 Å². The van der Waals surface area contributed by atoms with Crippen molar-refractivity contribution in [2.24, 2.45) is 0 Å². The van der Waals surface area contributed by atoms with Crippen molar-refractivity contribution in [1.82, 2.24) is 0 Å². The van der Waals surface area contributed by atoms with Gasteiger partial charge in [-0.15, -0.1) is 0 Å². The maximum atomic E-state index is 11.1. The third-order valence-corrected chi connectivity index (χ3v) is 5.65. The van der Waals surface area contributed by atoms with Crippen molar-refractivity contribution in [3.8, 4) is 0 Å². The van der Waals surface area contributed by atoms with Gasteiger partial charge in [0.25, 0.3) is 0 Å².